The fourth-order valence-corrected chi connectivity index (χ4v) is 8.97. The fourth-order valence-electron chi connectivity index (χ4n) is 7.61. The van der Waals surface area contributed by atoms with Gasteiger partial charge in [0.2, 0.25) is 33.3 Å². The van der Waals surface area contributed by atoms with Crippen LogP contribution in [-0.2, 0) is 35.7 Å². The summed E-state index contributed by atoms with van der Waals surface area (Å²) >= 11 is 0. The number of nitrogens with one attached hydrogen (secondary N) is 3. The lowest BCUT2D eigenvalue weighted by atomic mass is 9.88. The number of alkyl carbamates (subject to hydrolysis) is 1. The van der Waals surface area contributed by atoms with Crippen molar-refractivity contribution in [2.75, 3.05) is 6.54 Å². The van der Waals surface area contributed by atoms with Gasteiger partial charge in [0.15, 0.2) is 0 Å². The quantitative estimate of drug-likeness (QED) is 0.331. The lowest BCUT2D eigenvalue weighted by molar-refractivity contribution is -0.244. The third-order valence-corrected chi connectivity index (χ3v) is 13.2. The minimum absolute atomic E-state index is 0.0516. The van der Waals surface area contributed by atoms with Crippen LogP contribution < -0.4 is 25.7 Å². The number of rotatable bonds is 8. The normalized spacial score (nSPS) is 29.2. The van der Waals surface area contributed by atoms with Crippen LogP contribution in [0.4, 0.5) is 18.0 Å². The number of amides is 4. The molecule has 2 aromatic rings. The molecule has 6 rings (SSSR count). The number of alkyl halides is 3. The van der Waals surface area contributed by atoms with Gasteiger partial charge in [0.25, 0.3) is 11.5 Å². The number of halogens is 3. The lowest BCUT2D eigenvalue weighted by Crippen LogP contribution is -2.59. The number of carbonyl (C=O) groups excluding carboxylic acids is 4. The van der Waals surface area contributed by atoms with E-state index in [0.29, 0.717) is 56.7 Å². The number of aromatic nitrogens is 2. The van der Waals surface area contributed by atoms with E-state index in [9.17, 15) is 45.6 Å². The first kappa shape index (κ1) is 41.9. The number of allylic oxidation sites excluding steroid dienone is 1. The van der Waals surface area contributed by atoms with Gasteiger partial charge in [-0.1, -0.05) is 38.1 Å². The standard InChI is InChI=1S/C38H49F3N6O9S/c1-6-47-32(49)27-14-10-9-13-26(27)31(44-47)55-24-18-28-30(48)43-37(34(51)45-57(53,54)25-15-16-25)19-23(37)12-8-7-11-21(2)17-22(3)29(33(50)46(28)20-24)42-35(52)56-36(4,5)38(39,40)41/h8-10,12-14,21-25,28-29H,6-7,11,15-20H2,1-5H3,(H,42,52)(H,43,48)(H,45,51)/b12-8-/t21-,22+,23?,24+,28-,29-,37+/m0/s1. The molecule has 2 aliphatic heterocycles. The van der Waals surface area contributed by atoms with E-state index in [0.717, 1.165) is 4.90 Å². The van der Waals surface area contributed by atoms with Gasteiger partial charge >= 0.3 is 12.3 Å². The number of hydrogen-bond acceptors (Lipinski definition) is 10. The van der Waals surface area contributed by atoms with Crippen LogP contribution in [0.2, 0.25) is 0 Å². The maximum absolute atomic E-state index is 14.7. The third-order valence-electron chi connectivity index (χ3n) is 11.3. The molecule has 4 amide bonds. The Balaban J connectivity index is 1.37. The predicted octanol–water partition coefficient (Wildman–Crippen LogP) is 3.70. The van der Waals surface area contributed by atoms with Crippen LogP contribution >= 0.6 is 0 Å². The summed E-state index contributed by atoms with van der Waals surface area (Å²) < 4.78 is 81.4. The molecule has 3 N–H and O–H groups in total. The summed E-state index contributed by atoms with van der Waals surface area (Å²) in [6.45, 7) is 6.62. The minimum Gasteiger partial charge on any atom is -0.471 e. The van der Waals surface area contributed by atoms with Gasteiger partial charge in [-0.25, -0.2) is 17.9 Å². The molecule has 0 bridgehead atoms. The first-order chi connectivity index (χ1) is 26.7. The van der Waals surface area contributed by atoms with Gasteiger partial charge in [-0.2, -0.15) is 13.2 Å². The second-order valence-electron chi connectivity index (χ2n) is 16.2. The molecular weight excluding hydrogens is 774 g/mol. The van der Waals surface area contributed by atoms with Gasteiger partial charge in [-0.3, -0.25) is 23.9 Å². The summed E-state index contributed by atoms with van der Waals surface area (Å²) in [4.78, 5) is 70.2. The van der Waals surface area contributed by atoms with Gasteiger partial charge in [-0.05, 0) is 83.3 Å². The SMILES string of the molecule is CCn1nc(O[C@@H]2C[C@H]3C(=O)N[C@]4(C(=O)NS(=O)(=O)C5CC5)CC4/C=C\CC[C@H](C)C[C@@H](C)[C@H](NC(=O)OC(C)(C)C(F)(F)F)C(=O)N3C2)c2ccccc2c1=O. The van der Waals surface area contributed by atoms with Crippen LogP contribution in [0.3, 0.4) is 0 Å². The number of ether oxygens (including phenoxy) is 2. The predicted molar refractivity (Wildman–Crippen MR) is 200 cm³/mol. The molecule has 2 saturated carbocycles. The monoisotopic (exact) mass is 822 g/mol. The minimum atomic E-state index is -4.92. The van der Waals surface area contributed by atoms with E-state index in [1.54, 1.807) is 44.2 Å². The molecule has 0 radical (unpaired) electrons. The fraction of sp³-hybridized carbons (Fsp3) is 0.632. The third kappa shape index (κ3) is 8.77. The summed E-state index contributed by atoms with van der Waals surface area (Å²) in [5.41, 5.74) is -4.90. The van der Waals surface area contributed by atoms with Crippen molar-refractivity contribution in [3.05, 3.63) is 46.8 Å². The second kappa shape index (κ2) is 15.6. The van der Waals surface area contributed by atoms with E-state index in [2.05, 4.69) is 20.5 Å². The zero-order chi connectivity index (χ0) is 41.7. The van der Waals surface area contributed by atoms with Crippen molar-refractivity contribution in [3.8, 4) is 5.88 Å². The van der Waals surface area contributed by atoms with Crippen molar-refractivity contribution >= 4 is 44.6 Å². The zero-order valence-corrected chi connectivity index (χ0v) is 33.2. The summed E-state index contributed by atoms with van der Waals surface area (Å²) in [6, 6.07) is 3.80. The van der Waals surface area contributed by atoms with Crippen LogP contribution in [0, 0.1) is 17.8 Å². The van der Waals surface area contributed by atoms with Gasteiger partial charge in [0, 0.05) is 18.9 Å². The molecule has 4 aliphatic rings. The molecule has 19 heteroatoms. The lowest BCUT2D eigenvalue weighted by Gasteiger charge is -2.34. The number of nitrogens with zero attached hydrogens (tertiary/aromatic N) is 3. The van der Waals surface area contributed by atoms with Crippen molar-refractivity contribution in [1.82, 2.24) is 30.0 Å². The Bertz CT molecular complexity index is 2120. The molecule has 2 aliphatic carbocycles. The van der Waals surface area contributed by atoms with E-state index in [1.165, 1.54) is 4.68 Å². The molecule has 3 heterocycles. The van der Waals surface area contributed by atoms with E-state index in [-0.39, 0.29) is 43.3 Å². The Kier molecular flexibility index (Phi) is 11.5. The van der Waals surface area contributed by atoms with E-state index < -0.39 is 86.4 Å². The first-order valence-corrected chi connectivity index (χ1v) is 20.8. The molecule has 3 fully saturated rings. The molecule has 312 valence electrons. The average molecular weight is 823 g/mol. The molecule has 1 aromatic carbocycles. The van der Waals surface area contributed by atoms with Crippen molar-refractivity contribution in [1.29, 1.82) is 0 Å². The average Bonchev–Trinajstić information content (AvgIpc) is 4.06. The van der Waals surface area contributed by atoms with Crippen LogP contribution in [0.5, 0.6) is 5.88 Å². The zero-order valence-electron chi connectivity index (χ0n) is 32.4. The van der Waals surface area contributed by atoms with Gasteiger partial charge in [0.1, 0.15) is 23.7 Å². The number of fused-ring (bicyclic) bond motifs is 3. The van der Waals surface area contributed by atoms with Crippen molar-refractivity contribution in [3.63, 3.8) is 0 Å². The van der Waals surface area contributed by atoms with E-state index >= 15 is 0 Å². The molecular formula is C38H49F3N6O9S. The number of hydrogen-bond donors (Lipinski definition) is 3. The first-order valence-electron chi connectivity index (χ1n) is 19.3. The smallest absolute Gasteiger partial charge is 0.427 e. The summed E-state index contributed by atoms with van der Waals surface area (Å²) in [7, 11) is -3.99. The molecule has 0 spiro atoms. The Hall–Kier alpha value is -4.68. The van der Waals surface area contributed by atoms with Gasteiger partial charge in [0.05, 0.1) is 22.6 Å². The van der Waals surface area contributed by atoms with Crippen LogP contribution in [0.15, 0.2) is 41.2 Å². The highest BCUT2D eigenvalue weighted by Crippen LogP contribution is 2.46. The summed E-state index contributed by atoms with van der Waals surface area (Å²) in [5, 5.41) is 9.50. The summed E-state index contributed by atoms with van der Waals surface area (Å²) in [5.74, 6) is -3.74. The molecule has 57 heavy (non-hydrogen) atoms. The highest BCUT2D eigenvalue weighted by Gasteiger charge is 2.62. The van der Waals surface area contributed by atoms with E-state index in [4.69, 9.17) is 9.47 Å². The van der Waals surface area contributed by atoms with Crippen LogP contribution in [0.25, 0.3) is 10.8 Å². The summed E-state index contributed by atoms with van der Waals surface area (Å²) in [6.07, 6.45) is -1.53. The van der Waals surface area contributed by atoms with Crippen LogP contribution in [0.1, 0.15) is 79.6 Å². The Morgan fingerprint density at radius 2 is 1.74 bits per heavy atom. The Morgan fingerprint density at radius 3 is 2.39 bits per heavy atom. The molecule has 1 aromatic heterocycles. The number of benzene rings is 1. The van der Waals surface area contributed by atoms with Crippen molar-refractivity contribution < 1.29 is 50.2 Å². The maximum Gasteiger partial charge on any atom is 0.427 e. The molecule has 1 saturated heterocycles. The molecule has 7 atom stereocenters. The molecule has 1 unspecified atom stereocenters. The topological polar surface area (TPSA) is 195 Å². The maximum atomic E-state index is 14.7. The molecule has 15 nitrogen and oxygen atoms in total. The van der Waals surface area contributed by atoms with Crippen molar-refractivity contribution in [2.24, 2.45) is 17.8 Å². The number of carbonyl (C=O) groups is 4. The van der Waals surface area contributed by atoms with Crippen molar-refractivity contribution in [2.45, 2.75) is 127 Å². The second-order valence-corrected chi connectivity index (χ2v) is 18.2. The van der Waals surface area contributed by atoms with E-state index in [1.807, 2.05) is 13.0 Å². The van der Waals surface area contributed by atoms with Gasteiger partial charge in [-0.15, -0.1) is 5.10 Å². The number of aryl methyl sites for hydroxylation is 1. The van der Waals surface area contributed by atoms with Gasteiger partial charge < -0.3 is 25.0 Å². The highest BCUT2D eigenvalue weighted by molar-refractivity contribution is 7.91. The van der Waals surface area contributed by atoms with Crippen LogP contribution in [-0.4, -0.2) is 94.2 Å². The Morgan fingerprint density at radius 1 is 1.05 bits per heavy atom. The largest absolute Gasteiger partial charge is 0.471 e. The number of sulfonamides is 1. The highest BCUT2D eigenvalue weighted by atomic mass is 32.2. The Labute approximate surface area is 328 Å².